The van der Waals surface area contributed by atoms with Crippen LogP contribution in [0, 0.1) is 11.3 Å². The molecule has 0 unspecified atom stereocenters. The van der Waals surface area contributed by atoms with Crippen molar-refractivity contribution in [3.05, 3.63) is 83.8 Å². The van der Waals surface area contributed by atoms with Gasteiger partial charge in [-0.25, -0.2) is 9.98 Å². The van der Waals surface area contributed by atoms with E-state index in [0.29, 0.717) is 16.7 Å². The minimum atomic E-state index is 0.594. The van der Waals surface area contributed by atoms with E-state index in [1.807, 2.05) is 60.7 Å². The molecule has 27 heavy (non-hydrogen) atoms. The summed E-state index contributed by atoms with van der Waals surface area (Å²) in [4.78, 5) is 9.58. The normalized spacial score (nSPS) is 11.9. The van der Waals surface area contributed by atoms with E-state index in [4.69, 9.17) is 15.2 Å². The molecule has 6 heteroatoms. The molecule has 6 nitrogen and oxygen atoms in total. The second kappa shape index (κ2) is 6.00. The lowest BCUT2D eigenvalue weighted by atomic mass is 10.2. The van der Waals surface area contributed by atoms with Crippen LogP contribution in [0.4, 0.5) is 5.69 Å². The maximum absolute atomic E-state index is 8.99. The van der Waals surface area contributed by atoms with Gasteiger partial charge in [0.1, 0.15) is 0 Å². The number of fused-ring (bicyclic) bond motifs is 4. The first-order valence-corrected chi connectivity index (χ1v) is 8.41. The van der Waals surface area contributed by atoms with Crippen LogP contribution in [0.25, 0.3) is 27.5 Å². The van der Waals surface area contributed by atoms with Crippen molar-refractivity contribution in [1.82, 2.24) is 19.8 Å². The van der Waals surface area contributed by atoms with Gasteiger partial charge in [0.05, 0.1) is 28.4 Å². The van der Waals surface area contributed by atoms with Gasteiger partial charge in [-0.1, -0.05) is 29.5 Å². The molecule has 0 saturated carbocycles. The van der Waals surface area contributed by atoms with E-state index in [0.717, 1.165) is 27.5 Å². The van der Waals surface area contributed by atoms with Gasteiger partial charge in [0, 0.05) is 10.8 Å². The fraction of sp³-hybridized carbons (Fsp3) is 0. The number of nitriles is 1. The topological polar surface area (TPSA) is 79.2 Å². The molecule has 2 heterocycles. The lowest BCUT2D eigenvalue weighted by Crippen LogP contribution is -2.20. The van der Waals surface area contributed by atoms with E-state index in [1.54, 1.807) is 16.6 Å². The van der Waals surface area contributed by atoms with E-state index >= 15 is 0 Å². The van der Waals surface area contributed by atoms with Crippen LogP contribution < -0.4 is 5.49 Å². The smallest absolute Gasteiger partial charge is 0.167 e. The summed E-state index contributed by atoms with van der Waals surface area (Å²) in [6.45, 7) is 0. The van der Waals surface area contributed by atoms with Gasteiger partial charge in [-0.15, -0.1) is 5.10 Å². The Morgan fingerprint density at radius 1 is 0.815 bits per heavy atom. The molecule has 2 aromatic heterocycles. The zero-order valence-corrected chi connectivity index (χ0v) is 14.1. The predicted octanol–water partition coefficient (Wildman–Crippen LogP) is 3.53. The highest BCUT2D eigenvalue weighted by atomic mass is 15.4. The molecule has 5 rings (SSSR count). The Kier molecular flexibility index (Phi) is 3.37. The average Bonchev–Trinajstić information content (AvgIpc) is 2.74. The van der Waals surface area contributed by atoms with Crippen LogP contribution in [-0.4, -0.2) is 19.8 Å². The number of aromatic nitrogens is 4. The van der Waals surface area contributed by atoms with Crippen molar-refractivity contribution in [2.45, 2.75) is 0 Å². The number of hydrogen-bond acceptors (Lipinski definition) is 5. The number of hydrogen-bond donors (Lipinski definition) is 0. The lowest BCUT2D eigenvalue weighted by molar-refractivity contribution is 0.781. The number of benzene rings is 3. The highest BCUT2D eigenvalue weighted by Crippen LogP contribution is 2.18. The molecule has 0 saturated heterocycles. The summed E-state index contributed by atoms with van der Waals surface area (Å²) < 4.78 is 1.67. The van der Waals surface area contributed by atoms with Gasteiger partial charge in [-0.05, 0) is 48.5 Å². The molecule has 0 aliphatic rings. The Labute approximate surface area is 153 Å². The zero-order valence-electron chi connectivity index (χ0n) is 14.1. The highest BCUT2D eigenvalue weighted by Gasteiger charge is 2.09. The van der Waals surface area contributed by atoms with E-state index in [1.165, 1.54) is 0 Å². The van der Waals surface area contributed by atoms with Gasteiger partial charge in [0.2, 0.25) is 0 Å². The molecule has 0 aliphatic heterocycles. The number of para-hydroxylation sites is 1. The maximum Gasteiger partial charge on any atom is 0.167 e. The summed E-state index contributed by atoms with van der Waals surface area (Å²) in [5, 5.41) is 19.4. The van der Waals surface area contributed by atoms with Gasteiger partial charge in [0.25, 0.3) is 0 Å². The van der Waals surface area contributed by atoms with E-state index in [-0.39, 0.29) is 0 Å². The third-order valence-corrected chi connectivity index (χ3v) is 4.39. The highest BCUT2D eigenvalue weighted by molar-refractivity contribution is 5.93. The largest absolute Gasteiger partial charge is 0.228 e. The van der Waals surface area contributed by atoms with Crippen LogP contribution in [0.2, 0.25) is 0 Å². The van der Waals surface area contributed by atoms with Crippen molar-refractivity contribution >= 4 is 33.1 Å². The van der Waals surface area contributed by atoms with Gasteiger partial charge in [0.15, 0.2) is 11.1 Å². The fourth-order valence-electron chi connectivity index (χ4n) is 3.08. The Balaban J connectivity index is 1.94. The molecule has 0 amide bonds. The molecule has 0 N–H and O–H groups in total. The summed E-state index contributed by atoms with van der Waals surface area (Å²) in [5.41, 5.74) is 4.30. The van der Waals surface area contributed by atoms with Crippen LogP contribution in [-0.2, 0) is 0 Å². The Morgan fingerprint density at radius 2 is 1.52 bits per heavy atom. The Hall–Kier alpha value is -4.11. The van der Waals surface area contributed by atoms with Crippen molar-refractivity contribution < 1.29 is 0 Å². The van der Waals surface area contributed by atoms with Gasteiger partial charge < -0.3 is 0 Å². The molecule has 0 fully saturated rings. The first kappa shape index (κ1) is 15.2. The summed E-state index contributed by atoms with van der Waals surface area (Å²) in [6.07, 6.45) is 0. The average molecular weight is 348 g/mol. The third-order valence-electron chi connectivity index (χ3n) is 4.39. The monoisotopic (exact) mass is 348 g/mol. The van der Waals surface area contributed by atoms with Crippen molar-refractivity contribution in [3.63, 3.8) is 0 Å². The van der Waals surface area contributed by atoms with Crippen molar-refractivity contribution in [1.29, 1.82) is 5.26 Å². The van der Waals surface area contributed by atoms with Crippen molar-refractivity contribution in [2.75, 3.05) is 0 Å². The van der Waals surface area contributed by atoms with Crippen LogP contribution in [0.1, 0.15) is 5.56 Å². The SMILES string of the molecule is N#Cc1ccc(N=c2c3ccccc3nc3c4ccccc4nnn23)cc1. The standard InChI is InChI=1S/C21H12N6/c22-13-14-9-11-15(12-10-14)23-20-16-5-1-3-7-18(16)24-21-17-6-2-4-8-19(17)25-26-27(20)21/h1-12H. The maximum atomic E-state index is 8.99. The summed E-state index contributed by atoms with van der Waals surface area (Å²) >= 11 is 0. The number of rotatable bonds is 1. The second-order valence-corrected chi connectivity index (χ2v) is 6.07. The minimum absolute atomic E-state index is 0.594. The molecular formula is C21H12N6. The molecule has 126 valence electrons. The van der Waals surface area contributed by atoms with E-state index in [9.17, 15) is 0 Å². The molecule has 0 aliphatic carbocycles. The first-order valence-electron chi connectivity index (χ1n) is 8.41. The van der Waals surface area contributed by atoms with Crippen molar-refractivity contribution in [2.24, 2.45) is 4.99 Å². The van der Waals surface area contributed by atoms with E-state index < -0.39 is 0 Å². The van der Waals surface area contributed by atoms with E-state index in [2.05, 4.69) is 16.4 Å². The second-order valence-electron chi connectivity index (χ2n) is 6.07. The van der Waals surface area contributed by atoms with Crippen molar-refractivity contribution in [3.8, 4) is 6.07 Å². The summed E-state index contributed by atoms with van der Waals surface area (Å²) in [5.74, 6) is 0. The summed E-state index contributed by atoms with van der Waals surface area (Å²) in [7, 11) is 0. The zero-order chi connectivity index (χ0) is 18.2. The van der Waals surface area contributed by atoms with Gasteiger partial charge >= 0.3 is 0 Å². The Morgan fingerprint density at radius 3 is 2.30 bits per heavy atom. The van der Waals surface area contributed by atoms with Crippen LogP contribution in [0.5, 0.6) is 0 Å². The molecule has 0 atom stereocenters. The minimum Gasteiger partial charge on any atom is -0.228 e. The fourth-order valence-corrected chi connectivity index (χ4v) is 3.08. The quantitative estimate of drug-likeness (QED) is 0.343. The molecule has 0 bridgehead atoms. The molecular weight excluding hydrogens is 336 g/mol. The molecule has 0 spiro atoms. The number of nitrogens with zero attached hydrogens (tertiary/aromatic N) is 6. The van der Waals surface area contributed by atoms with Gasteiger partial charge in [-0.2, -0.15) is 9.78 Å². The van der Waals surface area contributed by atoms with Crippen LogP contribution in [0.3, 0.4) is 0 Å². The predicted molar refractivity (Wildman–Crippen MR) is 102 cm³/mol. The third kappa shape index (κ3) is 2.50. The molecule has 0 radical (unpaired) electrons. The first-order chi connectivity index (χ1) is 13.3. The summed E-state index contributed by atoms with van der Waals surface area (Å²) in [6, 6.07) is 24.8. The molecule has 5 aromatic rings. The Bertz CT molecular complexity index is 1430. The van der Waals surface area contributed by atoms with Crippen LogP contribution >= 0.6 is 0 Å². The van der Waals surface area contributed by atoms with Gasteiger partial charge in [-0.3, -0.25) is 0 Å². The lowest BCUT2D eigenvalue weighted by Gasteiger charge is -2.07. The molecule has 3 aromatic carbocycles. The van der Waals surface area contributed by atoms with Crippen LogP contribution in [0.15, 0.2) is 77.8 Å².